The van der Waals surface area contributed by atoms with Crippen LogP contribution in [0.3, 0.4) is 0 Å². The van der Waals surface area contributed by atoms with E-state index in [-0.39, 0.29) is 6.09 Å². The molecule has 2 heterocycles. The minimum absolute atomic E-state index is 0.213. The summed E-state index contributed by atoms with van der Waals surface area (Å²) in [4.78, 5) is 20.3. The fourth-order valence-electron chi connectivity index (χ4n) is 2.55. The summed E-state index contributed by atoms with van der Waals surface area (Å²) < 4.78 is 6.29. The quantitative estimate of drug-likeness (QED) is 0.766. The van der Waals surface area contributed by atoms with Crippen LogP contribution < -0.4 is 0 Å². The molecular formula is C16H24BrN3O2. The summed E-state index contributed by atoms with van der Waals surface area (Å²) in [6.45, 7) is 8.00. The fraction of sp³-hybridized carbons (Fsp3) is 0.625. The molecule has 1 fully saturated rings. The van der Waals surface area contributed by atoms with Crippen LogP contribution in [-0.2, 0) is 11.3 Å². The molecule has 6 heteroatoms. The molecule has 5 nitrogen and oxygen atoms in total. The normalized spacial score (nSPS) is 18.8. The van der Waals surface area contributed by atoms with E-state index in [9.17, 15) is 4.79 Å². The van der Waals surface area contributed by atoms with E-state index >= 15 is 0 Å². The summed E-state index contributed by atoms with van der Waals surface area (Å²) in [5, 5.41) is 0. The third kappa shape index (κ3) is 4.95. The Bertz CT molecular complexity index is 530. The van der Waals surface area contributed by atoms with Crippen LogP contribution in [0.2, 0.25) is 0 Å². The summed E-state index contributed by atoms with van der Waals surface area (Å²) in [7, 11) is 2.09. The standard InChI is InChI=1S/C16H24BrN3O2/c1-16(2,3)22-15(21)20-8-6-13(11-20)19(4)10-12-5-7-18-14(17)9-12/h5,7,9,13H,6,8,10-11H2,1-4H3/t13-/m0/s1. The molecule has 1 amide bonds. The molecular weight excluding hydrogens is 346 g/mol. The van der Waals surface area contributed by atoms with Gasteiger partial charge in [-0.25, -0.2) is 9.78 Å². The largest absolute Gasteiger partial charge is 0.444 e. The Morgan fingerprint density at radius 1 is 1.55 bits per heavy atom. The SMILES string of the molecule is CN(Cc1ccnc(Br)c1)[C@H]1CCN(C(=O)OC(C)(C)C)C1. The molecule has 1 aromatic rings. The van der Waals surface area contributed by atoms with E-state index in [2.05, 4.69) is 32.9 Å². The average Bonchev–Trinajstić information content (AvgIpc) is 2.86. The number of halogens is 1. The van der Waals surface area contributed by atoms with Crippen molar-refractivity contribution in [2.45, 2.75) is 45.4 Å². The fourth-order valence-corrected chi connectivity index (χ4v) is 2.96. The highest BCUT2D eigenvalue weighted by molar-refractivity contribution is 9.10. The van der Waals surface area contributed by atoms with Gasteiger partial charge in [-0.1, -0.05) is 0 Å². The second-order valence-corrected chi connectivity index (χ2v) is 7.58. The zero-order chi connectivity index (χ0) is 16.3. The van der Waals surface area contributed by atoms with Gasteiger partial charge in [0.1, 0.15) is 10.2 Å². The number of likely N-dealkylation sites (N-methyl/N-ethyl adjacent to an activating group) is 1. The van der Waals surface area contributed by atoms with Gasteiger partial charge in [0.2, 0.25) is 0 Å². The zero-order valence-corrected chi connectivity index (χ0v) is 15.3. The van der Waals surface area contributed by atoms with Crippen LogP contribution in [-0.4, -0.2) is 52.7 Å². The first kappa shape index (κ1) is 17.2. The number of carbonyl (C=O) groups excluding carboxylic acids is 1. The Morgan fingerprint density at radius 2 is 2.27 bits per heavy atom. The Balaban J connectivity index is 1.88. The van der Waals surface area contributed by atoms with E-state index in [1.165, 1.54) is 5.56 Å². The van der Waals surface area contributed by atoms with Gasteiger partial charge in [0.15, 0.2) is 0 Å². The van der Waals surface area contributed by atoms with Crippen LogP contribution in [0, 0.1) is 0 Å². The van der Waals surface area contributed by atoms with Gasteiger partial charge in [-0.05, 0) is 67.9 Å². The smallest absolute Gasteiger partial charge is 0.410 e. The van der Waals surface area contributed by atoms with Crippen LogP contribution in [0.1, 0.15) is 32.8 Å². The molecule has 0 bridgehead atoms. The number of aromatic nitrogens is 1. The van der Waals surface area contributed by atoms with Crippen molar-refractivity contribution in [3.05, 3.63) is 28.5 Å². The number of likely N-dealkylation sites (tertiary alicyclic amines) is 1. The first-order chi connectivity index (χ1) is 10.2. The van der Waals surface area contributed by atoms with E-state index < -0.39 is 5.60 Å². The monoisotopic (exact) mass is 369 g/mol. The highest BCUT2D eigenvalue weighted by atomic mass is 79.9. The zero-order valence-electron chi connectivity index (χ0n) is 13.7. The summed E-state index contributed by atoms with van der Waals surface area (Å²) in [6, 6.07) is 4.40. The highest BCUT2D eigenvalue weighted by Gasteiger charge is 2.31. The predicted molar refractivity (Wildman–Crippen MR) is 89.6 cm³/mol. The van der Waals surface area contributed by atoms with Gasteiger partial charge in [-0.15, -0.1) is 0 Å². The average molecular weight is 370 g/mol. The van der Waals surface area contributed by atoms with Crippen LogP contribution in [0.25, 0.3) is 0 Å². The Labute approximate surface area is 140 Å². The lowest BCUT2D eigenvalue weighted by Gasteiger charge is -2.26. The summed E-state index contributed by atoms with van der Waals surface area (Å²) in [6.07, 6.45) is 2.56. The number of amides is 1. The first-order valence-electron chi connectivity index (χ1n) is 7.53. The minimum atomic E-state index is -0.440. The number of hydrogen-bond donors (Lipinski definition) is 0. The van der Waals surface area contributed by atoms with Crippen molar-refractivity contribution < 1.29 is 9.53 Å². The van der Waals surface area contributed by atoms with Crippen LogP contribution in [0.4, 0.5) is 4.79 Å². The number of pyridine rings is 1. The molecule has 0 saturated carbocycles. The van der Waals surface area contributed by atoms with Gasteiger partial charge in [0, 0.05) is 31.9 Å². The maximum absolute atomic E-state index is 12.1. The summed E-state index contributed by atoms with van der Waals surface area (Å²) in [5.74, 6) is 0. The predicted octanol–water partition coefficient (Wildman–Crippen LogP) is 3.29. The second-order valence-electron chi connectivity index (χ2n) is 6.77. The van der Waals surface area contributed by atoms with E-state index in [0.29, 0.717) is 6.04 Å². The van der Waals surface area contributed by atoms with Gasteiger partial charge >= 0.3 is 6.09 Å². The van der Waals surface area contributed by atoms with Crippen LogP contribution in [0.15, 0.2) is 22.9 Å². The second kappa shape index (κ2) is 6.96. The van der Waals surface area contributed by atoms with Crippen molar-refractivity contribution in [2.75, 3.05) is 20.1 Å². The Kier molecular flexibility index (Phi) is 5.45. The third-order valence-electron chi connectivity index (χ3n) is 3.66. The van der Waals surface area contributed by atoms with Crippen molar-refractivity contribution in [1.82, 2.24) is 14.8 Å². The minimum Gasteiger partial charge on any atom is -0.444 e. The Hall–Kier alpha value is -1.14. The number of nitrogens with zero attached hydrogens (tertiary/aromatic N) is 3. The first-order valence-corrected chi connectivity index (χ1v) is 8.32. The molecule has 0 radical (unpaired) electrons. The van der Waals surface area contributed by atoms with Crippen molar-refractivity contribution in [2.24, 2.45) is 0 Å². The molecule has 1 aliphatic rings. The Morgan fingerprint density at radius 3 is 2.91 bits per heavy atom. The number of rotatable bonds is 3. The molecule has 0 N–H and O–H groups in total. The van der Waals surface area contributed by atoms with E-state index in [0.717, 1.165) is 30.7 Å². The highest BCUT2D eigenvalue weighted by Crippen LogP contribution is 2.20. The van der Waals surface area contributed by atoms with E-state index in [1.807, 2.05) is 32.9 Å². The van der Waals surface area contributed by atoms with Gasteiger partial charge in [0.25, 0.3) is 0 Å². The molecule has 0 unspecified atom stereocenters. The summed E-state index contributed by atoms with van der Waals surface area (Å²) >= 11 is 3.39. The molecule has 2 rings (SSSR count). The molecule has 0 aliphatic carbocycles. The van der Waals surface area contributed by atoms with E-state index in [1.54, 1.807) is 11.1 Å². The topological polar surface area (TPSA) is 45.7 Å². The van der Waals surface area contributed by atoms with E-state index in [4.69, 9.17) is 4.74 Å². The third-order valence-corrected chi connectivity index (χ3v) is 4.10. The van der Waals surface area contributed by atoms with Crippen LogP contribution >= 0.6 is 15.9 Å². The molecule has 1 saturated heterocycles. The van der Waals surface area contributed by atoms with Crippen LogP contribution in [0.5, 0.6) is 0 Å². The number of carbonyl (C=O) groups is 1. The molecule has 0 spiro atoms. The lowest BCUT2D eigenvalue weighted by molar-refractivity contribution is 0.0282. The molecule has 1 atom stereocenters. The lowest BCUT2D eigenvalue weighted by Crippen LogP contribution is -2.38. The molecule has 22 heavy (non-hydrogen) atoms. The maximum Gasteiger partial charge on any atom is 0.410 e. The van der Waals surface area contributed by atoms with Gasteiger partial charge < -0.3 is 9.64 Å². The molecule has 0 aromatic carbocycles. The van der Waals surface area contributed by atoms with Crippen molar-refractivity contribution >= 4 is 22.0 Å². The molecule has 1 aliphatic heterocycles. The maximum atomic E-state index is 12.1. The van der Waals surface area contributed by atoms with Gasteiger partial charge in [0.05, 0.1) is 0 Å². The van der Waals surface area contributed by atoms with Gasteiger partial charge in [-0.3, -0.25) is 4.90 Å². The lowest BCUT2D eigenvalue weighted by atomic mass is 10.2. The van der Waals surface area contributed by atoms with Crippen molar-refractivity contribution in [3.8, 4) is 0 Å². The summed E-state index contributed by atoms with van der Waals surface area (Å²) in [5.41, 5.74) is 0.768. The van der Waals surface area contributed by atoms with Gasteiger partial charge in [-0.2, -0.15) is 0 Å². The molecule has 1 aromatic heterocycles. The van der Waals surface area contributed by atoms with Crippen molar-refractivity contribution in [3.63, 3.8) is 0 Å². The number of hydrogen-bond acceptors (Lipinski definition) is 4. The molecule has 122 valence electrons. The number of ether oxygens (including phenoxy) is 1. The van der Waals surface area contributed by atoms with Crippen molar-refractivity contribution in [1.29, 1.82) is 0 Å².